The highest BCUT2D eigenvalue weighted by Crippen LogP contribution is 2.09. The highest BCUT2D eigenvalue weighted by molar-refractivity contribution is 5.75. The van der Waals surface area contributed by atoms with Crippen LogP contribution in [0.15, 0.2) is 0 Å². The number of nitrogens with zero attached hydrogens (tertiary/aromatic N) is 1. The SMILES string of the molecule is CCC1CN(C(=O)NC(C)(C)C)CCO1. The van der Waals surface area contributed by atoms with E-state index in [1.807, 2.05) is 25.7 Å². The molecule has 2 amide bonds. The Bertz CT molecular complexity index is 223. The highest BCUT2D eigenvalue weighted by atomic mass is 16.5. The van der Waals surface area contributed by atoms with Crippen molar-refractivity contribution in [2.45, 2.75) is 45.8 Å². The number of hydrogen-bond acceptors (Lipinski definition) is 2. The molecule has 1 aliphatic heterocycles. The lowest BCUT2D eigenvalue weighted by Crippen LogP contribution is -2.53. The van der Waals surface area contributed by atoms with Gasteiger partial charge in [0.1, 0.15) is 0 Å². The number of carbonyl (C=O) groups excluding carboxylic acids is 1. The van der Waals surface area contributed by atoms with Crippen LogP contribution in [0.3, 0.4) is 0 Å². The summed E-state index contributed by atoms with van der Waals surface area (Å²) in [5.74, 6) is 0. The fourth-order valence-electron chi connectivity index (χ4n) is 1.55. The summed E-state index contributed by atoms with van der Waals surface area (Å²) in [6.07, 6.45) is 1.16. The Morgan fingerprint density at radius 3 is 2.73 bits per heavy atom. The molecule has 0 spiro atoms. The fraction of sp³-hybridized carbons (Fsp3) is 0.909. The van der Waals surface area contributed by atoms with Crippen LogP contribution < -0.4 is 5.32 Å². The summed E-state index contributed by atoms with van der Waals surface area (Å²) in [7, 11) is 0. The molecular weight excluding hydrogens is 192 g/mol. The number of ether oxygens (including phenoxy) is 1. The van der Waals surface area contributed by atoms with E-state index in [0.29, 0.717) is 19.7 Å². The molecule has 1 atom stereocenters. The van der Waals surface area contributed by atoms with Crippen molar-refractivity contribution in [2.24, 2.45) is 0 Å². The van der Waals surface area contributed by atoms with E-state index in [2.05, 4.69) is 12.2 Å². The van der Waals surface area contributed by atoms with Gasteiger partial charge in [-0.2, -0.15) is 0 Å². The van der Waals surface area contributed by atoms with Gasteiger partial charge >= 0.3 is 6.03 Å². The molecule has 1 fully saturated rings. The Morgan fingerprint density at radius 2 is 2.20 bits per heavy atom. The zero-order valence-electron chi connectivity index (χ0n) is 10.2. The third-order valence-corrected chi connectivity index (χ3v) is 2.36. The molecule has 0 aromatic carbocycles. The smallest absolute Gasteiger partial charge is 0.317 e. The molecule has 1 N–H and O–H groups in total. The zero-order valence-corrected chi connectivity index (χ0v) is 10.2. The quantitative estimate of drug-likeness (QED) is 0.720. The van der Waals surface area contributed by atoms with E-state index in [1.165, 1.54) is 0 Å². The van der Waals surface area contributed by atoms with Gasteiger partial charge < -0.3 is 15.0 Å². The molecule has 0 aromatic rings. The first-order valence-corrected chi connectivity index (χ1v) is 5.61. The maximum Gasteiger partial charge on any atom is 0.317 e. The van der Waals surface area contributed by atoms with E-state index >= 15 is 0 Å². The molecule has 0 bridgehead atoms. The summed E-state index contributed by atoms with van der Waals surface area (Å²) < 4.78 is 5.52. The van der Waals surface area contributed by atoms with Crippen molar-refractivity contribution < 1.29 is 9.53 Å². The molecule has 1 saturated heterocycles. The molecule has 0 aromatic heterocycles. The Hall–Kier alpha value is -0.770. The second-order valence-electron chi connectivity index (χ2n) is 5.03. The minimum Gasteiger partial charge on any atom is -0.375 e. The van der Waals surface area contributed by atoms with Gasteiger partial charge in [0.05, 0.1) is 12.7 Å². The van der Waals surface area contributed by atoms with Gasteiger partial charge in [0.25, 0.3) is 0 Å². The van der Waals surface area contributed by atoms with Crippen molar-refractivity contribution in [3.05, 3.63) is 0 Å². The lowest BCUT2D eigenvalue weighted by atomic mass is 10.1. The monoisotopic (exact) mass is 214 g/mol. The second kappa shape index (κ2) is 4.84. The zero-order chi connectivity index (χ0) is 11.5. The average Bonchev–Trinajstić information content (AvgIpc) is 2.15. The van der Waals surface area contributed by atoms with Crippen LogP contribution in [0.2, 0.25) is 0 Å². The number of rotatable bonds is 1. The number of carbonyl (C=O) groups is 1. The van der Waals surface area contributed by atoms with Gasteiger partial charge in [0.2, 0.25) is 0 Å². The van der Waals surface area contributed by atoms with Crippen LogP contribution >= 0.6 is 0 Å². The first-order chi connectivity index (χ1) is 6.92. The molecule has 1 unspecified atom stereocenters. The summed E-state index contributed by atoms with van der Waals surface area (Å²) in [4.78, 5) is 13.7. The summed E-state index contributed by atoms with van der Waals surface area (Å²) in [5.41, 5.74) is -0.170. The topological polar surface area (TPSA) is 41.6 Å². The predicted molar refractivity (Wildman–Crippen MR) is 59.9 cm³/mol. The lowest BCUT2D eigenvalue weighted by molar-refractivity contribution is -0.0160. The molecular formula is C11H22N2O2. The predicted octanol–water partition coefficient (Wildman–Crippen LogP) is 1.61. The standard InChI is InChI=1S/C11H22N2O2/c1-5-9-8-13(6-7-15-9)10(14)12-11(2,3)4/h9H,5-8H2,1-4H3,(H,12,14). The maximum atomic E-state index is 11.8. The minimum absolute atomic E-state index is 0.0178. The summed E-state index contributed by atoms with van der Waals surface area (Å²) >= 11 is 0. The minimum atomic E-state index is -0.170. The van der Waals surface area contributed by atoms with E-state index in [9.17, 15) is 4.79 Å². The van der Waals surface area contributed by atoms with Crippen LogP contribution in [-0.2, 0) is 4.74 Å². The van der Waals surface area contributed by atoms with Crippen molar-refractivity contribution >= 4 is 6.03 Å². The van der Waals surface area contributed by atoms with Crippen LogP contribution in [0.5, 0.6) is 0 Å². The molecule has 1 heterocycles. The maximum absolute atomic E-state index is 11.8. The molecule has 0 aliphatic carbocycles. The van der Waals surface area contributed by atoms with Gasteiger partial charge in [-0.25, -0.2) is 4.79 Å². The van der Waals surface area contributed by atoms with E-state index in [-0.39, 0.29) is 17.7 Å². The molecule has 0 saturated carbocycles. The van der Waals surface area contributed by atoms with Gasteiger partial charge in [0, 0.05) is 18.6 Å². The van der Waals surface area contributed by atoms with Crippen molar-refractivity contribution in [1.29, 1.82) is 0 Å². The Labute approximate surface area is 92.0 Å². The van der Waals surface area contributed by atoms with E-state index in [0.717, 1.165) is 6.42 Å². The fourth-order valence-corrected chi connectivity index (χ4v) is 1.55. The Kier molecular flexibility index (Phi) is 3.97. The Morgan fingerprint density at radius 1 is 1.53 bits per heavy atom. The third-order valence-electron chi connectivity index (χ3n) is 2.36. The molecule has 1 aliphatic rings. The number of hydrogen-bond donors (Lipinski definition) is 1. The van der Waals surface area contributed by atoms with Crippen molar-refractivity contribution in [3.8, 4) is 0 Å². The molecule has 0 radical (unpaired) electrons. The van der Waals surface area contributed by atoms with Crippen LogP contribution in [0, 0.1) is 0 Å². The van der Waals surface area contributed by atoms with Crippen LogP contribution in [0.25, 0.3) is 0 Å². The second-order valence-corrected chi connectivity index (χ2v) is 5.03. The van der Waals surface area contributed by atoms with Gasteiger partial charge in [-0.1, -0.05) is 6.92 Å². The number of urea groups is 1. The molecule has 1 rings (SSSR count). The first kappa shape index (κ1) is 12.3. The van der Waals surface area contributed by atoms with Crippen LogP contribution in [0.1, 0.15) is 34.1 Å². The third kappa shape index (κ3) is 4.08. The van der Waals surface area contributed by atoms with Gasteiger partial charge in [-0.15, -0.1) is 0 Å². The summed E-state index contributed by atoms with van der Waals surface area (Å²) in [6.45, 7) is 10.1. The van der Waals surface area contributed by atoms with Crippen LogP contribution in [-0.4, -0.2) is 42.3 Å². The number of nitrogens with one attached hydrogen (secondary N) is 1. The van der Waals surface area contributed by atoms with Crippen molar-refractivity contribution in [3.63, 3.8) is 0 Å². The van der Waals surface area contributed by atoms with E-state index < -0.39 is 0 Å². The average molecular weight is 214 g/mol. The normalized spacial score (nSPS) is 22.7. The van der Waals surface area contributed by atoms with Crippen molar-refractivity contribution in [1.82, 2.24) is 10.2 Å². The molecule has 15 heavy (non-hydrogen) atoms. The first-order valence-electron chi connectivity index (χ1n) is 5.61. The number of morpholine rings is 1. The molecule has 4 heteroatoms. The van der Waals surface area contributed by atoms with Gasteiger partial charge in [0.15, 0.2) is 0 Å². The van der Waals surface area contributed by atoms with E-state index in [1.54, 1.807) is 0 Å². The van der Waals surface area contributed by atoms with Crippen LogP contribution in [0.4, 0.5) is 4.79 Å². The highest BCUT2D eigenvalue weighted by Gasteiger charge is 2.25. The van der Waals surface area contributed by atoms with Crippen molar-refractivity contribution in [2.75, 3.05) is 19.7 Å². The largest absolute Gasteiger partial charge is 0.375 e. The lowest BCUT2D eigenvalue weighted by Gasteiger charge is -2.34. The number of amides is 2. The van der Waals surface area contributed by atoms with E-state index in [4.69, 9.17) is 4.74 Å². The summed E-state index contributed by atoms with van der Waals surface area (Å²) in [5, 5.41) is 2.96. The van der Waals surface area contributed by atoms with Gasteiger partial charge in [-0.05, 0) is 27.2 Å². The summed E-state index contributed by atoms with van der Waals surface area (Å²) in [6, 6.07) is 0.0178. The molecule has 4 nitrogen and oxygen atoms in total. The Balaban J connectivity index is 2.45. The van der Waals surface area contributed by atoms with Gasteiger partial charge in [-0.3, -0.25) is 0 Å². The molecule has 88 valence electrons.